The second-order valence-corrected chi connectivity index (χ2v) is 6.00. The average Bonchev–Trinajstić information content (AvgIpc) is 2.08. The summed E-state index contributed by atoms with van der Waals surface area (Å²) < 4.78 is 29.7. The molecular weight excluding hydrogens is 218 g/mol. The fourth-order valence-corrected chi connectivity index (χ4v) is 2.61. The van der Waals surface area contributed by atoms with E-state index in [9.17, 15) is 8.42 Å². The number of nitrogens with zero attached hydrogens (tertiary/aromatic N) is 1. The fraction of sp³-hybridized carbons (Fsp3) is 1.00. The molecule has 0 aliphatic carbocycles. The minimum absolute atomic E-state index is 0.0869. The Bertz CT molecular complexity index is 290. The molecule has 1 aliphatic heterocycles. The Kier molecular flexibility index (Phi) is 4.51. The fourth-order valence-electron chi connectivity index (χ4n) is 1.72. The predicted octanol–water partition coefficient (Wildman–Crippen LogP) is -0.192. The van der Waals surface area contributed by atoms with E-state index in [0.29, 0.717) is 6.54 Å². The molecule has 0 aromatic carbocycles. The van der Waals surface area contributed by atoms with Crippen molar-refractivity contribution in [1.82, 2.24) is 4.31 Å². The van der Waals surface area contributed by atoms with E-state index in [4.69, 9.17) is 9.84 Å². The Morgan fingerprint density at radius 3 is 2.73 bits per heavy atom. The molecule has 6 heteroatoms. The molecule has 5 nitrogen and oxygen atoms in total. The van der Waals surface area contributed by atoms with Gasteiger partial charge in [0.1, 0.15) is 0 Å². The molecular formula is C9H19NO4S. The number of sulfonamides is 1. The smallest absolute Gasteiger partial charge is 0.211 e. The third-order valence-electron chi connectivity index (χ3n) is 2.52. The van der Waals surface area contributed by atoms with Crippen molar-refractivity contribution >= 4 is 10.0 Å². The van der Waals surface area contributed by atoms with Crippen molar-refractivity contribution in [2.75, 3.05) is 26.0 Å². The SMILES string of the molecule is C[C@H]1CCCN(S(C)(=O)=O)C[C@@H](CO)O1. The van der Waals surface area contributed by atoms with E-state index >= 15 is 0 Å². The number of aliphatic hydroxyl groups excluding tert-OH is 1. The Morgan fingerprint density at radius 2 is 2.20 bits per heavy atom. The van der Waals surface area contributed by atoms with Crippen LogP contribution in [0.5, 0.6) is 0 Å². The quantitative estimate of drug-likeness (QED) is 0.723. The third-order valence-corrected chi connectivity index (χ3v) is 3.79. The highest BCUT2D eigenvalue weighted by Crippen LogP contribution is 2.14. The second kappa shape index (κ2) is 5.25. The largest absolute Gasteiger partial charge is 0.394 e. The van der Waals surface area contributed by atoms with Crippen LogP contribution < -0.4 is 0 Å². The van der Waals surface area contributed by atoms with E-state index in [1.54, 1.807) is 0 Å². The Morgan fingerprint density at radius 1 is 1.53 bits per heavy atom. The Balaban J connectivity index is 2.68. The zero-order valence-corrected chi connectivity index (χ0v) is 10.0. The van der Waals surface area contributed by atoms with Crippen LogP contribution in [0.1, 0.15) is 19.8 Å². The van der Waals surface area contributed by atoms with Crippen LogP contribution in [-0.4, -0.2) is 56.0 Å². The molecule has 0 radical (unpaired) electrons. The van der Waals surface area contributed by atoms with Crippen molar-refractivity contribution in [2.45, 2.75) is 32.0 Å². The number of hydrogen-bond donors (Lipinski definition) is 1. The first-order valence-electron chi connectivity index (χ1n) is 5.15. The molecule has 1 aliphatic rings. The first kappa shape index (κ1) is 12.9. The maximum Gasteiger partial charge on any atom is 0.211 e. The van der Waals surface area contributed by atoms with Gasteiger partial charge in [0.15, 0.2) is 0 Å². The van der Waals surface area contributed by atoms with Gasteiger partial charge in [-0.1, -0.05) is 0 Å². The van der Waals surface area contributed by atoms with E-state index in [2.05, 4.69) is 0 Å². The molecule has 0 aromatic rings. The van der Waals surface area contributed by atoms with Crippen LogP contribution in [0.4, 0.5) is 0 Å². The van der Waals surface area contributed by atoms with Crippen molar-refractivity contribution < 1.29 is 18.3 Å². The lowest BCUT2D eigenvalue weighted by molar-refractivity contribution is -0.0499. The molecule has 1 saturated heterocycles. The number of ether oxygens (including phenoxy) is 1. The molecule has 15 heavy (non-hydrogen) atoms. The lowest BCUT2D eigenvalue weighted by atomic mass is 10.2. The predicted molar refractivity (Wildman–Crippen MR) is 57.1 cm³/mol. The van der Waals surface area contributed by atoms with Crippen LogP contribution in [0.2, 0.25) is 0 Å². The highest BCUT2D eigenvalue weighted by Gasteiger charge is 2.25. The van der Waals surface area contributed by atoms with Crippen molar-refractivity contribution in [3.05, 3.63) is 0 Å². The Hall–Kier alpha value is -0.170. The van der Waals surface area contributed by atoms with Gasteiger partial charge in [0.05, 0.1) is 25.1 Å². The zero-order chi connectivity index (χ0) is 11.5. The molecule has 0 aromatic heterocycles. The number of aliphatic hydroxyl groups is 1. The molecule has 0 unspecified atom stereocenters. The van der Waals surface area contributed by atoms with Crippen LogP contribution in [-0.2, 0) is 14.8 Å². The van der Waals surface area contributed by atoms with Crippen LogP contribution in [0, 0.1) is 0 Å². The van der Waals surface area contributed by atoms with Crippen molar-refractivity contribution in [1.29, 1.82) is 0 Å². The summed E-state index contributed by atoms with van der Waals surface area (Å²) in [6.45, 7) is 2.57. The van der Waals surface area contributed by atoms with Crippen molar-refractivity contribution in [2.24, 2.45) is 0 Å². The highest BCUT2D eigenvalue weighted by atomic mass is 32.2. The second-order valence-electron chi connectivity index (χ2n) is 4.01. The van der Waals surface area contributed by atoms with E-state index in [0.717, 1.165) is 12.8 Å². The molecule has 1 heterocycles. The summed E-state index contributed by atoms with van der Waals surface area (Å²) in [6, 6.07) is 0. The van der Waals surface area contributed by atoms with Gasteiger partial charge in [-0.05, 0) is 19.8 Å². The summed E-state index contributed by atoms with van der Waals surface area (Å²) in [5.41, 5.74) is 0. The molecule has 90 valence electrons. The molecule has 0 bridgehead atoms. The molecule has 0 saturated carbocycles. The first-order valence-corrected chi connectivity index (χ1v) is 6.99. The number of rotatable bonds is 2. The summed E-state index contributed by atoms with van der Waals surface area (Å²) in [6.07, 6.45) is 2.49. The van der Waals surface area contributed by atoms with E-state index < -0.39 is 16.1 Å². The molecule has 0 spiro atoms. The zero-order valence-electron chi connectivity index (χ0n) is 9.22. The normalized spacial score (nSPS) is 30.9. The van der Waals surface area contributed by atoms with E-state index in [-0.39, 0.29) is 19.3 Å². The lowest BCUT2D eigenvalue weighted by Crippen LogP contribution is -2.43. The van der Waals surface area contributed by atoms with Crippen LogP contribution >= 0.6 is 0 Å². The topological polar surface area (TPSA) is 66.8 Å². The third kappa shape index (κ3) is 4.06. The van der Waals surface area contributed by atoms with Gasteiger partial charge in [0.2, 0.25) is 10.0 Å². The standard InChI is InChI=1S/C9H19NO4S/c1-8-4-3-5-10(15(2,12)13)6-9(7-11)14-8/h8-9,11H,3-7H2,1-2H3/t8-,9-/m0/s1. The van der Waals surface area contributed by atoms with Gasteiger partial charge in [-0.25, -0.2) is 8.42 Å². The van der Waals surface area contributed by atoms with Gasteiger partial charge in [-0.15, -0.1) is 0 Å². The summed E-state index contributed by atoms with van der Waals surface area (Å²) in [4.78, 5) is 0. The van der Waals surface area contributed by atoms with Gasteiger partial charge in [-0.2, -0.15) is 4.31 Å². The number of hydrogen-bond acceptors (Lipinski definition) is 4. The van der Waals surface area contributed by atoms with Gasteiger partial charge in [0, 0.05) is 13.1 Å². The molecule has 1 rings (SSSR count). The van der Waals surface area contributed by atoms with E-state index in [1.807, 2.05) is 6.92 Å². The molecule has 2 atom stereocenters. The first-order chi connectivity index (χ1) is 6.93. The Labute approximate surface area is 91.1 Å². The summed E-state index contributed by atoms with van der Waals surface area (Å²) in [5, 5.41) is 9.06. The maximum absolute atomic E-state index is 11.4. The summed E-state index contributed by atoms with van der Waals surface area (Å²) in [7, 11) is -3.18. The van der Waals surface area contributed by atoms with Gasteiger partial charge < -0.3 is 9.84 Å². The van der Waals surface area contributed by atoms with Crippen molar-refractivity contribution in [3.63, 3.8) is 0 Å². The lowest BCUT2D eigenvalue weighted by Gasteiger charge is -2.30. The monoisotopic (exact) mass is 237 g/mol. The summed E-state index contributed by atoms with van der Waals surface area (Å²) in [5.74, 6) is 0. The van der Waals surface area contributed by atoms with Gasteiger partial charge >= 0.3 is 0 Å². The average molecular weight is 237 g/mol. The van der Waals surface area contributed by atoms with Gasteiger partial charge in [0.25, 0.3) is 0 Å². The van der Waals surface area contributed by atoms with Crippen LogP contribution in [0.3, 0.4) is 0 Å². The van der Waals surface area contributed by atoms with E-state index in [1.165, 1.54) is 10.6 Å². The molecule has 1 N–H and O–H groups in total. The molecule has 0 amide bonds. The molecule has 1 fully saturated rings. The van der Waals surface area contributed by atoms with Crippen molar-refractivity contribution in [3.8, 4) is 0 Å². The minimum Gasteiger partial charge on any atom is -0.394 e. The minimum atomic E-state index is -3.18. The van der Waals surface area contributed by atoms with Crippen LogP contribution in [0.15, 0.2) is 0 Å². The summed E-state index contributed by atoms with van der Waals surface area (Å²) >= 11 is 0. The highest BCUT2D eigenvalue weighted by molar-refractivity contribution is 7.88. The van der Waals surface area contributed by atoms with Gasteiger partial charge in [-0.3, -0.25) is 0 Å². The maximum atomic E-state index is 11.4. The van der Waals surface area contributed by atoms with Crippen LogP contribution in [0.25, 0.3) is 0 Å².